The molecule has 2 fully saturated rings. The Hall–Kier alpha value is -1.11. The molecule has 0 N–H and O–H groups in total. The largest absolute Gasteiger partial charge is 0.293 e. The number of benzene rings is 1. The molecule has 1 spiro atoms. The SMILES string of the molecule is C[C@@]12C(=O)C=C[C@@H](CC13[S@](=O)CC[S@]3=O)N2Cc1ccccc1. The van der Waals surface area contributed by atoms with E-state index in [1.54, 1.807) is 6.08 Å². The maximum Gasteiger partial charge on any atom is 0.177 e. The Morgan fingerprint density at radius 1 is 1.17 bits per heavy atom. The van der Waals surface area contributed by atoms with Gasteiger partial charge in [-0.1, -0.05) is 36.4 Å². The molecule has 2 bridgehead atoms. The molecule has 0 aromatic heterocycles. The molecular weight excluding hydrogens is 330 g/mol. The Kier molecular flexibility index (Phi) is 3.48. The Morgan fingerprint density at radius 2 is 1.83 bits per heavy atom. The molecule has 3 heterocycles. The normalized spacial score (nSPS) is 38.5. The zero-order chi connectivity index (χ0) is 16.2. The van der Waals surface area contributed by atoms with E-state index < -0.39 is 31.2 Å². The predicted molar refractivity (Wildman–Crippen MR) is 91.7 cm³/mol. The molecule has 0 amide bonds. The number of hydrogen-bond donors (Lipinski definition) is 0. The average molecular weight is 349 g/mol. The Bertz CT molecular complexity index is 729. The van der Waals surface area contributed by atoms with Crippen molar-refractivity contribution in [3.8, 4) is 0 Å². The van der Waals surface area contributed by atoms with Crippen LogP contribution in [0.25, 0.3) is 0 Å². The lowest BCUT2D eigenvalue weighted by molar-refractivity contribution is -0.125. The molecular formula is C17H19NO3S2. The maximum atomic E-state index is 12.8. The van der Waals surface area contributed by atoms with Gasteiger partial charge in [0.15, 0.2) is 5.78 Å². The number of carbonyl (C=O) groups excluding carboxylic acids is 1. The fraction of sp³-hybridized carbons (Fsp3) is 0.471. The second-order valence-corrected chi connectivity index (χ2v) is 10.4. The minimum atomic E-state index is -1.24. The second kappa shape index (κ2) is 5.19. The van der Waals surface area contributed by atoms with E-state index in [1.807, 2.05) is 43.3 Å². The molecule has 0 unspecified atom stereocenters. The van der Waals surface area contributed by atoms with E-state index in [0.717, 1.165) is 5.56 Å². The molecule has 4 rings (SSSR count). The van der Waals surface area contributed by atoms with Crippen molar-refractivity contribution in [2.75, 3.05) is 11.5 Å². The fourth-order valence-corrected chi connectivity index (χ4v) is 9.50. The average Bonchev–Trinajstić information content (AvgIpc) is 2.93. The molecule has 1 aromatic carbocycles. The number of carbonyl (C=O) groups is 1. The smallest absolute Gasteiger partial charge is 0.177 e. The minimum absolute atomic E-state index is 0.0175. The van der Waals surface area contributed by atoms with Gasteiger partial charge in [-0.05, 0) is 25.0 Å². The first kappa shape index (κ1) is 15.4. The van der Waals surface area contributed by atoms with Gasteiger partial charge in [0.25, 0.3) is 0 Å². The standard InChI is InChI=1S/C17H19NO3S2/c1-16-15(19)8-7-14(11-17(16)22(20)9-10-23(17)21)18(16)12-13-5-3-2-4-6-13/h2-8,14H,9-12H2,1H3/t14-,16+,22+,23+/m0/s1. The molecule has 3 aliphatic rings. The first-order valence-corrected chi connectivity index (χ1v) is 10.4. The number of rotatable bonds is 2. The lowest BCUT2D eigenvalue weighted by atomic mass is 9.90. The minimum Gasteiger partial charge on any atom is -0.293 e. The van der Waals surface area contributed by atoms with Crippen LogP contribution in [0.4, 0.5) is 0 Å². The lowest BCUT2D eigenvalue weighted by Gasteiger charge is -2.43. The zero-order valence-corrected chi connectivity index (χ0v) is 14.6. The van der Waals surface area contributed by atoms with Crippen molar-refractivity contribution in [3.63, 3.8) is 0 Å². The van der Waals surface area contributed by atoms with Crippen LogP contribution >= 0.6 is 0 Å². The highest BCUT2D eigenvalue weighted by Gasteiger charge is 2.71. The van der Waals surface area contributed by atoms with Crippen LogP contribution in [0, 0.1) is 0 Å². The fourth-order valence-electron chi connectivity index (χ4n) is 4.27. The van der Waals surface area contributed by atoms with Gasteiger partial charge in [0.05, 0.1) is 0 Å². The Balaban J connectivity index is 1.82. The van der Waals surface area contributed by atoms with Gasteiger partial charge >= 0.3 is 0 Å². The summed E-state index contributed by atoms with van der Waals surface area (Å²) in [5, 5.41) is 0. The summed E-state index contributed by atoms with van der Waals surface area (Å²) >= 11 is 0. The lowest BCUT2D eigenvalue weighted by Crippen LogP contribution is -2.63. The van der Waals surface area contributed by atoms with E-state index in [-0.39, 0.29) is 11.8 Å². The summed E-state index contributed by atoms with van der Waals surface area (Å²) in [5.74, 6) is 0.800. The van der Waals surface area contributed by atoms with Gasteiger partial charge in [0.2, 0.25) is 0 Å². The van der Waals surface area contributed by atoms with Crippen LogP contribution in [0.15, 0.2) is 42.5 Å². The third-order valence-corrected chi connectivity index (χ3v) is 10.7. The molecule has 3 aliphatic heterocycles. The highest BCUT2D eigenvalue weighted by Crippen LogP contribution is 2.53. The van der Waals surface area contributed by atoms with Gasteiger partial charge in [-0.3, -0.25) is 18.1 Å². The summed E-state index contributed by atoms with van der Waals surface area (Å²) in [6.07, 6.45) is 4.04. The summed E-state index contributed by atoms with van der Waals surface area (Å²) in [4.78, 5) is 14.9. The van der Waals surface area contributed by atoms with Crippen LogP contribution in [0.3, 0.4) is 0 Å². The number of fused-ring (bicyclic) bond motifs is 3. The molecule has 0 aliphatic carbocycles. The summed E-state index contributed by atoms with van der Waals surface area (Å²) in [7, 11) is -2.48. The Morgan fingerprint density at radius 3 is 2.48 bits per heavy atom. The topological polar surface area (TPSA) is 54.5 Å². The second-order valence-electron chi connectivity index (χ2n) is 6.53. The van der Waals surface area contributed by atoms with Crippen molar-refractivity contribution in [1.82, 2.24) is 4.90 Å². The summed E-state index contributed by atoms with van der Waals surface area (Å²) in [5.41, 5.74) is 0.160. The monoisotopic (exact) mass is 349 g/mol. The first-order valence-electron chi connectivity index (χ1n) is 7.80. The van der Waals surface area contributed by atoms with Crippen molar-refractivity contribution >= 4 is 27.4 Å². The third kappa shape index (κ3) is 1.88. The molecule has 4 nitrogen and oxygen atoms in total. The van der Waals surface area contributed by atoms with E-state index in [2.05, 4.69) is 4.90 Å². The van der Waals surface area contributed by atoms with Gasteiger partial charge < -0.3 is 0 Å². The van der Waals surface area contributed by atoms with Gasteiger partial charge in [0.1, 0.15) is 9.62 Å². The summed E-state index contributed by atoms with van der Waals surface area (Å²) in [6.45, 7) is 2.46. The van der Waals surface area contributed by atoms with Gasteiger partial charge in [-0.15, -0.1) is 0 Å². The van der Waals surface area contributed by atoms with Gasteiger partial charge in [-0.25, -0.2) is 0 Å². The van der Waals surface area contributed by atoms with Crippen molar-refractivity contribution < 1.29 is 13.2 Å². The van der Waals surface area contributed by atoms with E-state index in [0.29, 0.717) is 24.5 Å². The Labute approximate surface area is 140 Å². The van der Waals surface area contributed by atoms with Crippen LogP contribution in [0.1, 0.15) is 18.9 Å². The number of nitrogens with zero attached hydrogens (tertiary/aromatic N) is 1. The van der Waals surface area contributed by atoms with Crippen LogP contribution in [0.2, 0.25) is 0 Å². The molecule has 0 radical (unpaired) electrons. The van der Waals surface area contributed by atoms with Crippen molar-refractivity contribution in [1.29, 1.82) is 0 Å². The summed E-state index contributed by atoms with van der Waals surface area (Å²) in [6, 6.07) is 9.99. The maximum absolute atomic E-state index is 12.8. The van der Waals surface area contributed by atoms with Crippen LogP contribution < -0.4 is 0 Å². The highest BCUT2D eigenvalue weighted by atomic mass is 32.3. The molecule has 23 heavy (non-hydrogen) atoms. The zero-order valence-electron chi connectivity index (χ0n) is 12.9. The molecule has 122 valence electrons. The quantitative estimate of drug-likeness (QED) is 0.809. The highest BCUT2D eigenvalue weighted by molar-refractivity contribution is 8.07. The predicted octanol–water partition coefficient (Wildman–Crippen LogP) is 1.37. The first-order chi connectivity index (χ1) is 11.0. The third-order valence-electron chi connectivity index (χ3n) is 5.53. The van der Waals surface area contributed by atoms with Gasteiger partial charge in [0, 0.05) is 45.7 Å². The van der Waals surface area contributed by atoms with E-state index >= 15 is 0 Å². The van der Waals surface area contributed by atoms with E-state index in [9.17, 15) is 13.2 Å². The molecule has 1 aromatic rings. The van der Waals surface area contributed by atoms with E-state index in [4.69, 9.17) is 0 Å². The van der Waals surface area contributed by atoms with Gasteiger partial charge in [-0.2, -0.15) is 0 Å². The van der Waals surface area contributed by atoms with Crippen LogP contribution in [0.5, 0.6) is 0 Å². The van der Waals surface area contributed by atoms with Crippen molar-refractivity contribution in [3.05, 3.63) is 48.0 Å². The van der Waals surface area contributed by atoms with Crippen molar-refractivity contribution in [2.45, 2.75) is 35.5 Å². The van der Waals surface area contributed by atoms with Crippen LogP contribution in [-0.2, 0) is 32.9 Å². The number of ketones is 1. The molecule has 2 saturated heterocycles. The summed E-state index contributed by atoms with van der Waals surface area (Å²) < 4.78 is 24.7. The van der Waals surface area contributed by atoms with Crippen molar-refractivity contribution in [2.24, 2.45) is 0 Å². The molecule has 6 heteroatoms. The number of hydrogen-bond acceptors (Lipinski definition) is 4. The van der Waals surface area contributed by atoms with Crippen LogP contribution in [-0.4, -0.2) is 46.3 Å². The van der Waals surface area contributed by atoms with E-state index in [1.165, 1.54) is 0 Å². The molecule has 4 atom stereocenters. The molecule has 0 saturated carbocycles.